The molecular formula is C15H20N2O5S. The average molecular weight is 340 g/mol. The molecule has 126 valence electrons. The molecule has 0 bridgehead atoms. The Morgan fingerprint density at radius 2 is 2.00 bits per heavy atom. The van der Waals surface area contributed by atoms with Crippen LogP contribution in [0.2, 0.25) is 0 Å². The number of nitrogens with zero attached hydrogens (tertiary/aromatic N) is 2. The van der Waals surface area contributed by atoms with E-state index in [1.165, 1.54) is 28.6 Å². The predicted molar refractivity (Wildman–Crippen MR) is 85.6 cm³/mol. The van der Waals surface area contributed by atoms with Crippen molar-refractivity contribution in [3.63, 3.8) is 0 Å². The summed E-state index contributed by atoms with van der Waals surface area (Å²) in [6.07, 6.45) is 3.03. The molecule has 1 aromatic carbocycles. The van der Waals surface area contributed by atoms with E-state index in [1.807, 2.05) is 0 Å². The minimum atomic E-state index is -3.85. The molecule has 1 fully saturated rings. The average Bonchev–Trinajstić information content (AvgIpc) is 2.55. The number of nitro benzene ring substituents is 1. The SMILES string of the molecule is C=CCOCC1CCN(S(=O)(=O)c2ccccc2[N+](=O)[O-])CC1. The van der Waals surface area contributed by atoms with E-state index in [0.29, 0.717) is 45.1 Å². The van der Waals surface area contributed by atoms with Gasteiger partial charge in [-0.25, -0.2) is 8.42 Å². The van der Waals surface area contributed by atoms with Gasteiger partial charge in [-0.05, 0) is 24.8 Å². The van der Waals surface area contributed by atoms with Crippen LogP contribution in [0.3, 0.4) is 0 Å². The van der Waals surface area contributed by atoms with Crippen LogP contribution in [0.15, 0.2) is 41.8 Å². The smallest absolute Gasteiger partial charge is 0.289 e. The van der Waals surface area contributed by atoms with Crippen molar-refractivity contribution < 1.29 is 18.1 Å². The molecule has 0 N–H and O–H groups in total. The number of rotatable bonds is 7. The second kappa shape index (κ2) is 7.67. The van der Waals surface area contributed by atoms with Crippen molar-refractivity contribution in [1.29, 1.82) is 0 Å². The van der Waals surface area contributed by atoms with Crippen LogP contribution in [0.1, 0.15) is 12.8 Å². The fourth-order valence-electron chi connectivity index (χ4n) is 2.60. The fraction of sp³-hybridized carbons (Fsp3) is 0.467. The zero-order chi connectivity index (χ0) is 16.9. The molecule has 8 heteroatoms. The molecule has 23 heavy (non-hydrogen) atoms. The lowest BCUT2D eigenvalue weighted by molar-refractivity contribution is -0.387. The maximum Gasteiger partial charge on any atom is 0.289 e. The molecule has 0 amide bonds. The van der Waals surface area contributed by atoms with Crippen LogP contribution in [0.25, 0.3) is 0 Å². The first-order chi connectivity index (χ1) is 11.0. The van der Waals surface area contributed by atoms with Gasteiger partial charge in [0.15, 0.2) is 4.90 Å². The fourth-order valence-corrected chi connectivity index (χ4v) is 4.23. The molecule has 1 aromatic rings. The first-order valence-electron chi connectivity index (χ1n) is 7.39. The van der Waals surface area contributed by atoms with Gasteiger partial charge in [0.25, 0.3) is 5.69 Å². The highest BCUT2D eigenvalue weighted by Gasteiger charge is 2.33. The topological polar surface area (TPSA) is 89.8 Å². The number of ether oxygens (including phenoxy) is 1. The summed E-state index contributed by atoms with van der Waals surface area (Å²) >= 11 is 0. The highest BCUT2D eigenvalue weighted by Crippen LogP contribution is 2.29. The monoisotopic (exact) mass is 340 g/mol. The van der Waals surface area contributed by atoms with E-state index >= 15 is 0 Å². The summed E-state index contributed by atoms with van der Waals surface area (Å²) < 4.78 is 32.0. The van der Waals surface area contributed by atoms with Crippen molar-refractivity contribution in [2.75, 3.05) is 26.3 Å². The Hall–Kier alpha value is -1.77. The molecule has 0 aromatic heterocycles. The van der Waals surface area contributed by atoms with Crippen LogP contribution in [0.5, 0.6) is 0 Å². The summed E-state index contributed by atoms with van der Waals surface area (Å²) in [5.74, 6) is 0.298. The van der Waals surface area contributed by atoms with Gasteiger partial charge in [0, 0.05) is 25.8 Å². The molecule has 0 aliphatic carbocycles. The molecule has 1 aliphatic rings. The molecular weight excluding hydrogens is 320 g/mol. The Balaban J connectivity index is 2.08. The van der Waals surface area contributed by atoms with Gasteiger partial charge in [0.05, 0.1) is 11.5 Å². The Bertz CT molecular complexity index is 666. The first kappa shape index (κ1) is 17.6. The van der Waals surface area contributed by atoms with Gasteiger partial charge in [-0.15, -0.1) is 6.58 Å². The van der Waals surface area contributed by atoms with Gasteiger partial charge >= 0.3 is 0 Å². The van der Waals surface area contributed by atoms with E-state index in [-0.39, 0.29) is 10.6 Å². The van der Waals surface area contributed by atoms with Crippen LogP contribution in [0, 0.1) is 16.0 Å². The van der Waals surface area contributed by atoms with E-state index in [2.05, 4.69) is 6.58 Å². The Morgan fingerprint density at radius 1 is 1.35 bits per heavy atom. The molecule has 0 unspecified atom stereocenters. The van der Waals surface area contributed by atoms with Crippen molar-refractivity contribution in [1.82, 2.24) is 4.31 Å². The number of piperidine rings is 1. The summed E-state index contributed by atoms with van der Waals surface area (Å²) in [5.41, 5.74) is -0.385. The zero-order valence-electron chi connectivity index (χ0n) is 12.8. The normalized spacial score (nSPS) is 17.0. The van der Waals surface area contributed by atoms with Crippen LogP contribution in [-0.2, 0) is 14.8 Å². The highest BCUT2D eigenvalue weighted by molar-refractivity contribution is 7.89. The molecule has 2 rings (SSSR count). The van der Waals surface area contributed by atoms with Crippen LogP contribution >= 0.6 is 0 Å². The van der Waals surface area contributed by atoms with E-state index in [9.17, 15) is 18.5 Å². The first-order valence-corrected chi connectivity index (χ1v) is 8.83. The largest absolute Gasteiger partial charge is 0.377 e. The lowest BCUT2D eigenvalue weighted by Gasteiger charge is -2.30. The number of benzene rings is 1. The van der Waals surface area contributed by atoms with E-state index < -0.39 is 14.9 Å². The van der Waals surface area contributed by atoms with Gasteiger partial charge in [-0.2, -0.15) is 4.31 Å². The van der Waals surface area contributed by atoms with Crippen molar-refractivity contribution in [3.8, 4) is 0 Å². The van der Waals surface area contributed by atoms with Crippen LogP contribution < -0.4 is 0 Å². The van der Waals surface area contributed by atoms with Crippen LogP contribution in [0.4, 0.5) is 5.69 Å². The lowest BCUT2D eigenvalue weighted by atomic mass is 9.99. The molecule has 0 radical (unpaired) electrons. The summed E-state index contributed by atoms with van der Waals surface area (Å²) in [4.78, 5) is 10.1. The van der Waals surface area contributed by atoms with Crippen molar-refractivity contribution in [3.05, 3.63) is 47.0 Å². The lowest BCUT2D eigenvalue weighted by Crippen LogP contribution is -2.39. The predicted octanol–water partition coefficient (Wildman–Crippen LogP) is 2.20. The van der Waals surface area contributed by atoms with Gasteiger partial charge in [0.1, 0.15) is 0 Å². The maximum absolute atomic E-state index is 12.7. The molecule has 0 atom stereocenters. The number of sulfonamides is 1. The van der Waals surface area contributed by atoms with Crippen molar-refractivity contribution in [2.24, 2.45) is 5.92 Å². The van der Waals surface area contributed by atoms with Crippen molar-refractivity contribution >= 4 is 15.7 Å². The summed E-state index contributed by atoms with van der Waals surface area (Å²) in [6.45, 7) is 5.32. The van der Waals surface area contributed by atoms with Crippen molar-refractivity contribution in [2.45, 2.75) is 17.7 Å². The molecule has 1 aliphatic heterocycles. The molecule has 0 saturated carbocycles. The Morgan fingerprint density at radius 3 is 2.61 bits per heavy atom. The van der Waals surface area contributed by atoms with E-state index in [1.54, 1.807) is 6.08 Å². The van der Waals surface area contributed by atoms with E-state index in [4.69, 9.17) is 4.74 Å². The number of hydrogen-bond donors (Lipinski definition) is 0. The third-order valence-corrected chi connectivity index (χ3v) is 5.79. The van der Waals surface area contributed by atoms with Crippen LogP contribution in [-0.4, -0.2) is 43.9 Å². The second-order valence-corrected chi connectivity index (χ2v) is 7.30. The minimum Gasteiger partial charge on any atom is -0.377 e. The quantitative estimate of drug-likeness (QED) is 0.328. The standard InChI is InChI=1S/C15H20N2O5S/c1-2-11-22-12-13-7-9-16(10-8-13)23(20,21)15-6-4-3-5-14(15)17(18)19/h2-6,13H,1,7-12H2. The second-order valence-electron chi connectivity index (χ2n) is 5.40. The third kappa shape index (κ3) is 4.15. The van der Waals surface area contributed by atoms with E-state index in [0.717, 1.165) is 0 Å². The van der Waals surface area contributed by atoms with Gasteiger partial charge in [-0.3, -0.25) is 10.1 Å². The summed E-state index contributed by atoms with van der Waals surface area (Å²) in [6, 6.07) is 5.45. The minimum absolute atomic E-state index is 0.244. The summed E-state index contributed by atoms with van der Waals surface area (Å²) in [7, 11) is -3.85. The number of hydrogen-bond acceptors (Lipinski definition) is 5. The molecule has 1 saturated heterocycles. The third-order valence-electron chi connectivity index (χ3n) is 3.84. The maximum atomic E-state index is 12.7. The number of nitro groups is 1. The van der Waals surface area contributed by atoms with Gasteiger partial charge < -0.3 is 4.74 Å². The number of para-hydroxylation sites is 1. The molecule has 7 nitrogen and oxygen atoms in total. The van der Waals surface area contributed by atoms with Gasteiger partial charge in [0.2, 0.25) is 10.0 Å². The zero-order valence-corrected chi connectivity index (χ0v) is 13.6. The van der Waals surface area contributed by atoms with Gasteiger partial charge in [-0.1, -0.05) is 18.2 Å². The highest BCUT2D eigenvalue weighted by atomic mass is 32.2. The Labute approximate surface area is 135 Å². The Kier molecular flexibility index (Phi) is 5.86. The summed E-state index contributed by atoms with van der Waals surface area (Å²) in [5, 5.41) is 11.0. The molecule has 0 spiro atoms. The molecule has 1 heterocycles.